The Morgan fingerprint density at radius 1 is 0.860 bits per heavy atom. The molecule has 5 fully saturated rings. The molecule has 0 spiro atoms. The lowest BCUT2D eigenvalue weighted by Crippen LogP contribution is -2.65. The summed E-state index contributed by atoms with van der Waals surface area (Å²) in [4.78, 5) is 38.1. The second-order valence-corrected chi connectivity index (χ2v) is 20.2. The molecule has 2 N–H and O–H groups in total. The number of fused-ring (bicyclic) bond motifs is 7. The predicted molar refractivity (Wildman–Crippen MR) is 199 cm³/mol. The van der Waals surface area contributed by atoms with Crippen molar-refractivity contribution >= 4 is 17.8 Å². The third-order valence-electron chi connectivity index (χ3n) is 16.6. The van der Waals surface area contributed by atoms with Gasteiger partial charge in [-0.05, 0) is 137 Å². The lowest BCUT2D eigenvalue weighted by atomic mass is 9.33. The van der Waals surface area contributed by atoms with Crippen molar-refractivity contribution < 1.29 is 24.2 Å². The molecule has 6 heteroatoms. The van der Waals surface area contributed by atoms with Gasteiger partial charge in [0.15, 0.2) is 0 Å². The number of ether oxygens (including phenoxy) is 1. The number of aliphatic carboxylic acids is 1. The first-order valence-electron chi connectivity index (χ1n) is 20.5. The molecule has 6 nitrogen and oxygen atoms in total. The fraction of sp³-hybridized carbons (Fsp3) is 0.841. The van der Waals surface area contributed by atoms with Crippen LogP contribution in [0.3, 0.4) is 0 Å². The van der Waals surface area contributed by atoms with Gasteiger partial charge in [0.25, 0.3) is 0 Å². The summed E-state index contributed by atoms with van der Waals surface area (Å²) in [6, 6.07) is 0.334. The van der Waals surface area contributed by atoms with Crippen LogP contribution in [0.5, 0.6) is 0 Å². The first-order valence-corrected chi connectivity index (χ1v) is 20.5. The van der Waals surface area contributed by atoms with Gasteiger partial charge in [-0.3, -0.25) is 14.4 Å². The number of rotatable bonds is 8. The van der Waals surface area contributed by atoms with Crippen molar-refractivity contribution in [2.75, 3.05) is 0 Å². The van der Waals surface area contributed by atoms with Crippen LogP contribution in [0.1, 0.15) is 165 Å². The van der Waals surface area contributed by atoms with Gasteiger partial charge < -0.3 is 15.2 Å². The summed E-state index contributed by atoms with van der Waals surface area (Å²) in [5.41, 5.74) is 2.65. The van der Waals surface area contributed by atoms with Crippen molar-refractivity contribution in [2.24, 2.45) is 56.2 Å². The van der Waals surface area contributed by atoms with E-state index in [9.17, 15) is 19.5 Å². The number of nitrogens with one attached hydrogen (secondary N) is 1. The number of carboxylic acid groups (broad SMARTS) is 1. The molecule has 8 unspecified atom stereocenters. The van der Waals surface area contributed by atoms with Gasteiger partial charge in [0, 0.05) is 16.9 Å². The number of amides is 1. The molecule has 0 heterocycles. The molecular weight excluding hydrogens is 622 g/mol. The Labute approximate surface area is 303 Å². The number of carbonyl (C=O) groups is 3. The van der Waals surface area contributed by atoms with Gasteiger partial charge >= 0.3 is 11.9 Å². The number of hydrogen-bond acceptors (Lipinski definition) is 4. The van der Waals surface area contributed by atoms with E-state index in [0.717, 1.165) is 51.4 Å². The highest BCUT2D eigenvalue weighted by molar-refractivity contribution is 5.88. The zero-order valence-corrected chi connectivity index (χ0v) is 33.0. The van der Waals surface area contributed by atoms with E-state index in [1.54, 1.807) is 25.0 Å². The number of hydrogen-bond donors (Lipinski definition) is 2. The lowest BCUT2D eigenvalue weighted by Gasteiger charge is -2.72. The Bertz CT molecular complexity index is 1420. The number of esters is 1. The standard InChI is InChI=1S/C44H69NO5/c1-28(2)30-17-23-44(24-20-35(46)45-29-13-11-10-12-14-29)26-25-42(8)31(37(30)44)15-16-33-41(7)21-19-34(50-36(47)27-39(3,4)38(48)49)40(5,6)32(41)18-22-43(33,42)9/h20,24,28-29,31-34H,10-19,21-23,25-27H2,1-9H3,(H,45,46)(H,48,49). The monoisotopic (exact) mass is 692 g/mol. The minimum Gasteiger partial charge on any atom is -0.481 e. The summed E-state index contributed by atoms with van der Waals surface area (Å²) in [5, 5.41) is 13.0. The second-order valence-electron chi connectivity index (χ2n) is 20.2. The first-order chi connectivity index (χ1) is 23.3. The molecule has 1 amide bonds. The molecule has 0 aliphatic heterocycles. The summed E-state index contributed by atoms with van der Waals surface area (Å²) in [5.74, 6) is 0.871. The molecule has 5 saturated carbocycles. The molecule has 0 aromatic heterocycles. The molecule has 0 saturated heterocycles. The maximum absolute atomic E-state index is 13.3. The van der Waals surface area contributed by atoms with E-state index in [0.29, 0.717) is 29.7 Å². The van der Waals surface area contributed by atoms with Crippen molar-refractivity contribution in [3.63, 3.8) is 0 Å². The highest BCUT2D eigenvalue weighted by Gasteiger charge is 2.69. The lowest BCUT2D eigenvalue weighted by molar-refractivity contribution is -0.232. The molecule has 0 radical (unpaired) electrons. The smallest absolute Gasteiger partial charge is 0.309 e. The Morgan fingerprint density at radius 3 is 2.22 bits per heavy atom. The predicted octanol–water partition coefficient (Wildman–Crippen LogP) is 10.2. The third-order valence-corrected chi connectivity index (χ3v) is 16.6. The zero-order valence-electron chi connectivity index (χ0n) is 33.0. The van der Waals surface area contributed by atoms with E-state index in [1.807, 2.05) is 6.08 Å². The average molecular weight is 692 g/mol. The number of carboxylic acids is 1. The van der Waals surface area contributed by atoms with E-state index in [-0.39, 0.29) is 51.5 Å². The Hall–Kier alpha value is -2.11. The number of allylic oxidation sites excluding steroid dienone is 3. The Kier molecular flexibility index (Phi) is 9.85. The van der Waals surface area contributed by atoms with Crippen molar-refractivity contribution in [1.29, 1.82) is 0 Å². The molecule has 6 aliphatic rings. The van der Waals surface area contributed by atoms with E-state index in [2.05, 4.69) is 59.9 Å². The molecule has 6 rings (SSSR count). The molecular formula is C44H69NO5. The molecule has 0 aromatic rings. The molecule has 8 atom stereocenters. The molecule has 280 valence electrons. The maximum Gasteiger partial charge on any atom is 0.309 e. The number of carbonyl (C=O) groups excluding carboxylic acids is 2. The average Bonchev–Trinajstić information content (AvgIpc) is 3.42. The quantitative estimate of drug-likeness (QED) is 0.150. The summed E-state index contributed by atoms with van der Waals surface area (Å²) in [6.45, 7) is 20.5. The maximum atomic E-state index is 13.3. The van der Waals surface area contributed by atoms with E-state index >= 15 is 0 Å². The topological polar surface area (TPSA) is 92.7 Å². The normalized spacial score (nSPS) is 40.1. The van der Waals surface area contributed by atoms with Crippen LogP contribution >= 0.6 is 0 Å². The Morgan fingerprint density at radius 2 is 1.56 bits per heavy atom. The fourth-order valence-corrected chi connectivity index (χ4v) is 13.5. The van der Waals surface area contributed by atoms with Gasteiger partial charge in [-0.15, -0.1) is 0 Å². The van der Waals surface area contributed by atoms with Crippen molar-refractivity contribution in [3.8, 4) is 0 Å². The van der Waals surface area contributed by atoms with Crippen molar-refractivity contribution in [2.45, 2.75) is 177 Å². The van der Waals surface area contributed by atoms with Crippen LogP contribution in [0, 0.1) is 56.2 Å². The highest BCUT2D eigenvalue weighted by Crippen LogP contribution is 2.77. The second kappa shape index (κ2) is 13.1. The summed E-state index contributed by atoms with van der Waals surface area (Å²) < 4.78 is 6.19. The zero-order chi connectivity index (χ0) is 36.5. The van der Waals surface area contributed by atoms with Gasteiger partial charge in [-0.1, -0.05) is 85.0 Å². The third kappa shape index (κ3) is 6.02. The van der Waals surface area contributed by atoms with E-state index < -0.39 is 11.4 Å². The van der Waals surface area contributed by atoms with Crippen LogP contribution < -0.4 is 5.32 Å². The van der Waals surface area contributed by atoms with Crippen LogP contribution in [-0.2, 0) is 19.1 Å². The summed E-state index contributed by atoms with van der Waals surface area (Å²) in [6.07, 6.45) is 21.3. The molecule has 0 aromatic carbocycles. The van der Waals surface area contributed by atoms with E-state index in [4.69, 9.17) is 4.74 Å². The summed E-state index contributed by atoms with van der Waals surface area (Å²) >= 11 is 0. The fourth-order valence-electron chi connectivity index (χ4n) is 13.5. The minimum atomic E-state index is -1.13. The Balaban J connectivity index is 1.24. The van der Waals surface area contributed by atoms with Crippen LogP contribution in [0.2, 0.25) is 0 Å². The van der Waals surface area contributed by atoms with Crippen LogP contribution in [-0.4, -0.2) is 35.1 Å². The molecule has 0 bridgehead atoms. The molecule has 50 heavy (non-hydrogen) atoms. The van der Waals surface area contributed by atoms with E-state index in [1.165, 1.54) is 44.9 Å². The van der Waals surface area contributed by atoms with Gasteiger partial charge in [0.1, 0.15) is 6.10 Å². The van der Waals surface area contributed by atoms with Gasteiger partial charge in [0.05, 0.1) is 11.8 Å². The van der Waals surface area contributed by atoms with Crippen LogP contribution in [0.25, 0.3) is 0 Å². The minimum absolute atomic E-state index is 0.0110. The largest absolute Gasteiger partial charge is 0.481 e. The van der Waals surface area contributed by atoms with Gasteiger partial charge in [0.2, 0.25) is 5.91 Å². The van der Waals surface area contributed by atoms with Crippen LogP contribution in [0.15, 0.2) is 23.3 Å². The van der Waals surface area contributed by atoms with Crippen LogP contribution in [0.4, 0.5) is 0 Å². The SMILES string of the molecule is CC(C)C1=C2C3CCC4C5(C)CCC(OC(=O)CC(C)(C)C(=O)O)C(C)(C)C5CCC4(C)C3(C)CCC2(C=CC(=O)NC2CCCCC2)CC1. The van der Waals surface area contributed by atoms with Crippen molar-refractivity contribution in [3.05, 3.63) is 23.3 Å². The van der Waals surface area contributed by atoms with Crippen molar-refractivity contribution in [1.82, 2.24) is 5.32 Å². The van der Waals surface area contributed by atoms with Gasteiger partial charge in [-0.25, -0.2) is 0 Å². The summed E-state index contributed by atoms with van der Waals surface area (Å²) in [7, 11) is 0. The molecule has 6 aliphatic carbocycles. The van der Waals surface area contributed by atoms with Gasteiger partial charge in [-0.2, -0.15) is 0 Å². The highest BCUT2D eigenvalue weighted by atomic mass is 16.5. The first kappa shape index (κ1) is 37.6.